The Labute approximate surface area is 142 Å². The van der Waals surface area contributed by atoms with Crippen molar-refractivity contribution in [3.05, 3.63) is 66.1 Å². The van der Waals surface area contributed by atoms with Crippen LogP contribution in [0.4, 0.5) is 0 Å². The molecule has 4 nitrogen and oxygen atoms in total. The van der Waals surface area contributed by atoms with E-state index < -0.39 is 0 Å². The van der Waals surface area contributed by atoms with Gasteiger partial charge in [0.05, 0.1) is 6.04 Å². The normalized spacial score (nSPS) is 12.2. The molecule has 0 bridgehead atoms. The Kier molecular flexibility index (Phi) is 4.94. The van der Waals surface area contributed by atoms with Gasteiger partial charge in [0.25, 0.3) is 0 Å². The van der Waals surface area contributed by atoms with E-state index in [2.05, 4.69) is 46.9 Å². The molecule has 1 aromatic carbocycles. The molecular weight excluding hydrogens is 298 g/mol. The first kappa shape index (κ1) is 16.2. The van der Waals surface area contributed by atoms with Crippen LogP contribution in [0.1, 0.15) is 37.1 Å². The van der Waals surface area contributed by atoms with Gasteiger partial charge in [-0.05, 0) is 42.5 Å². The summed E-state index contributed by atoms with van der Waals surface area (Å²) in [5, 5.41) is 4.34. The summed E-state index contributed by atoms with van der Waals surface area (Å²) in [4.78, 5) is 16.5. The highest BCUT2D eigenvalue weighted by Gasteiger charge is 2.13. The molecule has 0 aliphatic heterocycles. The Morgan fingerprint density at radius 3 is 2.83 bits per heavy atom. The number of carbonyl (C=O) groups excluding carboxylic acids is 1. The predicted molar refractivity (Wildman–Crippen MR) is 96.7 cm³/mol. The van der Waals surface area contributed by atoms with Crippen LogP contribution in [0.3, 0.4) is 0 Å². The zero-order chi connectivity index (χ0) is 16.9. The Bertz CT molecular complexity index is 823. The summed E-state index contributed by atoms with van der Waals surface area (Å²) in [5.74, 6) is 0.0721. The maximum Gasteiger partial charge on any atom is 0.222 e. The lowest BCUT2D eigenvalue weighted by Crippen LogP contribution is -2.29. The van der Waals surface area contributed by atoms with Gasteiger partial charge in [0, 0.05) is 36.6 Å². The molecular formula is C20H23N3O. The molecule has 0 aliphatic rings. The van der Waals surface area contributed by atoms with Gasteiger partial charge in [0.2, 0.25) is 5.91 Å². The topological polar surface area (TPSA) is 46.9 Å². The SMILES string of the molecule is CC[C@@H](NC(=O)CCn1c(C)cc2ccccc21)c1cccnc1. The van der Waals surface area contributed by atoms with Crippen LogP contribution in [0.15, 0.2) is 54.9 Å². The smallest absolute Gasteiger partial charge is 0.222 e. The number of fused-ring (bicyclic) bond motifs is 1. The number of aryl methyl sites for hydroxylation is 2. The number of benzene rings is 1. The minimum absolute atomic E-state index is 0.0219. The van der Waals surface area contributed by atoms with Crippen molar-refractivity contribution in [3.63, 3.8) is 0 Å². The third kappa shape index (κ3) is 3.48. The summed E-state index contributed by atoms with van der Waals surface area (Å²) in [6.45, 7) is 4.85. The molecule has 24 heavy (non-hydrogen) atoms. The van der Waals surface area contributed by atoms with Gasteiger partial charge in [-0.3, -0.25) is 9.78 Å². The van der Waals surface area contributed by atoms with E-state index in [0.29, 0.717) is 13.0 Å². The summed E-state index contributed by atoms with van der Waals surface area (Å²) in [6, 6.07) is 14.4. The summed E-state index contributed by atoms with van der Waals surface area (Å²) in [5.41, 5.74) is 3.42. The Morgan fingerprint density at radius 2 is 2.08 bits per heavy atom. The molecule has 1 atom stereocenters. The second-order valence-corrected chi connectivity index (χ2v) is 6.06. The number of aromatic nitrogens is 2. The Morgan fingerprint density at radius 1 is 1.25 bits per heavy atom. The van der Waals surface area contributed by atoms with Gasteiger partial charge >= 0.3 is 0 Å². The van der Waals surface area contributed by atoms with E-state index >= 15 is 0 Å². The monoisotopic (exact) mass is 321 g/mol. The van der Waals surface area contributed by atoms with Gasteiger partial charge in [0.15, 0.2) is 0 Å². The van der Waals surface area contributed by atoms with Crippen LogP contribution >= 0.6 is 0 Å². The van der Waals surface area contributed by atoms with E-state index in [9.17, 15) is 4.79 Å². The van der Waals surface area contributed by atoms with Crippen molar-refractivity contribution < 1.29 is 4.79 Å². The first-order valence-electron chi connectivity index (χ1n) is 8.43. The van der Waals surface area contributed by atoms with Gasteiger partial charge in [-0.15, -0.1) is 0 Å². The van der Waals surface area contributed by atoms with Crippen molar-refractivity contribution in [1.82, 2.24) is 14.9 Å². The number of nitrogens with one attached hydrogen (secondary N) is 1. The van der Waals surface area contributed by atoms with Crippen molar-refractivity contribution in [2.45, 2.75) is 39.3 Å². The Balaban J connectivity index is 1.65. The van der Waals surface area contributed by atoms with E-state index in [4.69, 9.17) is 0 Å². The standard InChI is InChI=1S/C20H23N3O/c1-3-18(17-8-6-11-21-14-17)22-20(24)10-12-23-15(2)13-16-7-4-5-9-19(16)23/h4-9,11,13-14,18H,3,10,12H2,1-2H3,(H,22,24)/t18-/m1/s1. The molecule has 0 saturated carbocycles. The average Bonchev–Trinajstić information content (AvgIpc) is 2.93. The van der Waals surface area contributed by atoms with Crippen LogP contribution in [0, 0.1) is 6.92 Å². The molecule has 3 aromatic rings. The van der Waals surface area contributed by atoms with Crippen molar-refractivity contribution in [2.24, 2.45) is 0 Å². The maximum atomic E-state index is 12.4. The van der Waals surface area contributed by atoms with Gasteiger partial charge in [-0.2, -0.15) is 0 Å². The van der Waals surface area contributed by atoms with Crippen molar-refractivity contribution in [1.29, 1.82) is 0 Å². The summed E-state index contributed by atoms with van der Waals surface area (Å²) in [6.07, 6.45) is 4.88. The third-order valence-electron chi connectivity index (χ3n) is 4.41. The Hall–Kier alpha value is -2.62. The molecule has 1 amide bonds. The average molecular weight is 321 g/mol. The lowest BCUT2D eigenvalue weighted by atomic mass is 10.1. The molecule has 2 heterocycles. The van der Waals surface area contributed by atoms with Crippen LogP contribution in [-0.2, 0) is 11.3 Å². The van der Waals surface area contributed by atoms with Gasteiger partial charge in [0.1, 0.15) is 0 Å². The third-order valence-corrected chi connectivity index (χ3v) is 4.41. The number of para-hydroxylation sites is 1. The molecule has 4 heteroatoms. The second kappa shape index (κ2) is 7.30. The van der Waals surface area contributed by atoms with E-state index in [1.165, 1.54) is 16.6 Å². The number of hydrogen-bond acceptors (Lipinski definition) is 2. The molecule has 124 valence electrons. The molecule has 0 fully saturated rings. The first-order valence-corrected chi connectivity index (χ1v) is 8.43. The summed E-state index contributed by atoms with van der Waals surface area (Å²) in [7, 11) is 0. The molecule has 0 spiro atoms. The van der Waals surface area contributed by atoms with Crippen LogP contribution in [0.5, 0.6) is 0 Å². The second-order valence-electron chi connectivity index (χ2n) is 6.06. The van der Waals surface area contributed by atoms with E-state index in [-0.39, 0.29) is 11.9 Å². The van der Waals surface area contributed by atoms with E-state index in [1.54, 1.807) is 6.20 Å². The molecule has 2 aromatic heterocycles. The zero-order valence-corrected chi connectivity index (χ0v) is 14.2. The number of hydrogen-bond donors (Lipinski definition) is 1. The molecule has 0 unspecified atom stereocenters. The van der Waals surface area contributed by atoms with Crippen molar-refractivity contribution in [2.75, 3.05) is 0 Å². The minimum Gasteiger partial charge on any atom is -0.349 e. The van der Waals surface area contributed by atoms with E-state index in [1.807, 2.05) is 30.5 Å². The maximum absolute atomic E-state index is 12.4. The van der Waals surface area contributed by atoms with Gasteiger partial charge < -0.3 is 9.88 Å². The number of pyridine rings is 1. The lowest BCUT2D eigenvalue weighted by Gasteiger charge is -2.17. The molecule has 0 aliphatic carbocycles. The first-order chi connectivity index (χ1) is 11.7. The van der Waals surface area contributed by atoms with Crippen LogP contribution in [0.2, 0.25) is 0 Å². The van der Waals surface area contributed by atoms with Crippen molar-refractivity contribution >= 4 is 16.8 Å². The molecule has 1 N–H and O–H groups in total. The van der Waals surface area contributed by atoms with E-state index in [0.717, 1.165) is 12.0 Å². The zero-order valence-electron chi connectivity index (χ0n) is 14.2. The minimum atomic E-state index is 0.0219. The highest BCUT2D eigenvalue weighted by Crippen LogP contribution is 2.20. The molecule has 3 rings (SSSR count). The fourth-order valence-electron chi connectivity index (χ4n) is 3.13. The largest absolute Gasteiger partial charge is 0.349 e. The molecule has 0 saturated heterocycles. The number of rotatable bonds is 6. The summed E-state index contributed by atoms with van der Waals surface area (Å²) >= 11 is 0. The lowest BCUT2D eigenvalue weighted by molar-refractivity contribution is -0.122. The van der Waals surface area contributed by atoms with Crippen LogP contribution in [-0.4, -0.2) is 15.5 Å². The van der Waals surface area contributed by atoms with Crippen molar-refractivity contribution in [3.8, 4) is 0 Å². The fourth-order valence-corrected chi connectivity index (χ4v) is 3.13. The van der Waals surface area contributed by atoms with Crippen LogP contribution < -0.4 is 5.32 Å². The van der Waals surface area contributed by atoms with Gasteiger partial charge in [-0.1, -0.05) is 31.2 Å². The number of carbonyl (C=O) groups is 1. The fraction of sp³-hybridized carbons (Fsp3) is 0.300. The predicted octanol–water partition coefficient (Wildman–Crippen LogP) is 4.00. The number of amides is 1. The highest BCUT2D eigenvalue weighted by atomic mass is 16.1. The molecule has 0 radical (unpaired) electrons. The van der Waals surface area contributed by atoms with Gasteiger partial charge in [-0.25, -0.2) is 0 Å². The quantitative estimate of drug-likeness (QED) is 0.746. The van der Waals surface area contributed by atoms with Crippen LogP contribution in [0.25, 0.3) is 10.9 Å². The summed E-state index contributed by atoms with van der Waals surface area (Å²) < 4.78 is 2.21. The number of nitrogens with zero attached hydrogens (tertiary/aromatic N) is 2. The highest BCUT2D eigenvalue weighted by molar-refractivity contribution is 5.82.